The maximum absolute atomic E-state index is 11.4. The molecule has 1 rings (SSSR count). The highest BCUT2D eigenvalue weighted by Crippen LogP contribution is 2.13. The van der Waals surface area contributed by atoms with E-state index in [0.29, 0.717) is 6.54 Å². The van der Waals surface area contributed by atoms with Crippen LogP contribution in [0.3, 0.4) is 0 Å². The fourth-order valence-corrected chi connectivity index (χ4v) is 2.55. The molecule has 0 radical (unpaired) electrons. The molecule has 0 aliphatic rings. The first-order chi connectivity index (χ1) is 6.47. The summed E-state index contributed by atoms with van der Waals surface area (Å²) < 4.78 is 29.1. The molecular weight excluding hydrogens is 270 g/mol. The van der Waals surface area contributed by atoms with Crippen LogP contribution in [0.4, 0.5) is 0 Å². The van der Waals surface area contributed by atoms with Gasteiger partial charge in [-0.3, -0.25) is 0 Å². The molecule has 1 aromatic rings. The van der Waals surface area contributed by atoms with Gasteiger partial charge in [-0.1, -0.05) is 15.9 Å². The van der Waals surface area contributed by atoms with Crippen molar-refractivity contribution in [3.05, 3.63) is 23.7 Å². The van der Waals surface area contributed by atoms with Gasteiger partial charge in [0, 0.05) is 19.2 Å². The summed E-state index contributed by atoms with van der Waals surface area (Å²) >= 11 is 2.94. The summed E-state index contributed by atoms with van der Waals surface area (Å²) in [6.07, 6.45) is 1.55. The second kappa shape index (κ2) is 4.46. The van der Waals surface area contributed by atoms with Crippen LogP contribution in [0.25, 0.3) is 0 Å². The van der Waals surface area contributed by atoms with E-state index >= 15 is 0 Å². The summed E-state index contributed by atoms with van der Waals surface area (Å²) in [4.78, 5) is 0. The predicted octanol–water partition coefficient (Wildman–Crippen LogP) is 1.70. The Morgan fingerprint density at radius 1 is 1.57 bits per heavy atom. The SMILES string of the molecule is Cc1occc1CN(C)S(=O)(=O)CBr. The number of sulfonamides is 1. The van der Waals surface area contributed by atoms with Crippen molar-refractivity contribution < 1.29 is 12.8 Å². The Bertz CT molecular complexity index is 398. The second-order valence-electron chi connectivity index (χ2n) is 2.98. The van der Waals surface area contributed by atoms with Gasteiger partial charge in [0.05, 0.1) is 6.26 Å². The van der Waals surface area contributed by atoms with Crippen LogP contribution in [0.5, 0.6) is 0 Å². The third-order valence-corrected chi connectivity index (χ3v) is 5.06. The Morgan fingerprint density at radius 2 is 2.21 bits per heavy atom. The summed E-state index contributed by atoms with van der Waals surface area (Å²) in [5, 5.41) is 0. The van der Waals surface area contributed by atoms with Crippen LogP contribution in [0.1, 0.15) is 11.3 Å². The average Bonchev–Trinajstić information content (AvgIpc) is 2.52. The summed E-state index contributed by atoms with van der Waals surface area (Å²) in [7, 11) is -1.64. The van der Waals surface area contributed by atoms with Gasteiger partial charge in [-0.15, -0.1) is 0 Å². The van der Waals surface area contributed by atoms with Crippen LogP contribution in [0.2, 0.25) is 0 Å². The molecule has 0 aliphatic carbocycles. The van der Waals surface area contributed by atoms with Gasteiger partial charge in [0.2, 0.25) is 10.0 Å². The van der Waals surface area contributed by atoms with E-state index in [-0.39, 0.29) is 4.66 Å². The third-order valence-electron chi connectivity index (χ3n) is 1.97. The van der Waals surface area contributed by atoms with Gasteiger partial charge in [0.25, 0.3) is 0 Å². The van der Waals surface area contributed by atoms with Crippen molar-refractivity contribution in [1.82, 2.24) is 4.31 Å². The van der Waals surface area contributed by atoms with Crippen molar-refractivity contribution in [2.75, 3.05) is 11.7 Å². The van der Waals surface area contributed by atoms with Crippen LogP contribution in [-0.4, -0.2) is 24.4 Å². The molecule has 0 N–H and O–H groups in total. The zero-order valence-electron chi connectivity index (χ0n) is 8.03. The molecule has 1 aromatic heterocycles. The molecular formula is C8H12BrNO3S. The zero-order chi connectivity index (χ0) is 10.8. The van der Waals surface area contributed by atoms with Crippen molar-refractivity contribution in [3.8, 4) is 0 Å². The minimum Gasteiger partial charge on any atom is -0.469 e. The zero-order valence-corrected chi connectivity index (χ0v) is 10.4. The second-order valence-corrected chi connectivity index (χ2v) is 6.36. The highest BCUT2D eigenvalue weighted by atomic mass is 79.9. The number of rotatable bonds is 4. The van der Waals surface area contributed by atoms with Crippen molar-refractivity contribution in [2.24, 2.45) is 0 Å². The number of aryl methyl sites for hydroxylation is 1. The number of hydrogen-bond acceptors (Lipinski definition) is 3. The Labute approximate surface area is 92.1 Å². The molecule has 1 heterocycles. The van der Waals surface area contributed by atoms with E-state index in [0.717, 1.165) is 11.3 Å². The van der Waals surface area contributed by atoms with Gasteiger partial charge < -0.3 is 4.42 Å². The van der Waals surface area contributed by atoms with Crippen LogP contribution >= 0.6 is 15.9 Å². The number of alkyl halides is 1. The van der Waals surface area contributed by atoms with Gasteiger partial charge in [0.1, 0.15) is 10.4 Å². The summed E-state index contributed by atoms with van der Waals surface area (Å²) in [6.45, 7) is 2.15. The first-order valence-electron chi connectivity index (χ1n) is 4.00. The Hall–Kier alpha value is -0.330. The van der Waals surface area contributed by atoms with Crippen LogP contribution in [-0.2, 0) is 16.6 Å². The van der Waals surface area contributed by atoms with Crippen molar-refractivity contribution >= 4 is 26.0 Å². The maximum atomic E-state index is 11.4. The first-order valence-corrected chi connectivity index (χ1v) is 6.73. The van der Waals surface area contributed by atoms with Gasteiger partial charge >= 0.3 is 0 Å². The number of halogens is 1. The normalized spacial score (nSPS) is 12.3. The number of furan rings is 1. The lowest BCUT2D eigenvalue weighted by molar-refractivity contribution is 0.463. The molecule has 14 heavy (non-hydrogen) atoms. The molecule has 4 nitrogen and oxygen atoms in total. The van der Waals surface area contributed by atoms with E-state index < -0.39 is 10.0 Å². The van der Waals surface area contributed by atoms with Crippen LogP contribution < -0.4 is 0 Å². The van der Waals surface area contributed by atoms with E-state index in [4.69, 9.17) is 4.42 Å². The molecule has 80 valence electrons. The van der Waals surface area contributed by atoms with E-state index in [9.17, 15) is 8.42 Å². The van der Waals surface area contributed by atoms with Crippen molar-refractivity contribution in [1.29, 1.82) is 0 Å². The summed E-state index contributed by atoms with van der Waals surface area (Å²) in [5.41, 5.74) is 0.886. The standard InChI is InChI=1S/C8H12BrNO3S/c1-7-8(3-4-13-7)5-10(2)14(11,12)6-9/h3-4H,5-6H2,1-2H3. The van der Waals surface area contributed by atoms with E-state index in [1.165, 1.54) is 4.31 Å². The molecule has 0 atom stereocenters. The summed E-state index contributed by atoms with van der Waals surface area (Å²) in [6, 6.07) is 1.77. The predicted molar refractivity (Wildman–Crippen MR) is 57.6 cm³/mol. The van der Waals surface area contributed by atoms with Crippen molar-refractivity contribution in [2.45, 2.75) is 13.5 Å². The lowest BCUT2D eigenvalue weighted by Crippen LogP contribution is -2.27. The van der Waals surface area contributed by atoms with Gasteiger partial charge in [-0.25, -0.2) is 8.42 Å². The molecule has 0 aliphatic heterocycles. The molecule has 0 amide bonds. The Morgan fingerprint density at radius 3 is 2.64 bits per heavy atom. The highest BCUT2D eigenvalue weighted by molar-refractivity contribution is 9.10. The van der Waals surface area contributed by atoms with Crippen LogP contribution in [0, 0.1) is 6.92 Å². The molecule has 0 saturated carbocycles. The monoisotopic (exact) mass is 281 g/mol. The quantitative estimate of drug-likeness (QED) is 0.790. The van der Waals surface area contributed by atoms with E-state index in [2.05, 4.69) is 15.9 Å². The molecule has 0 fully saturated rings. The minimum atomic E-state index is -3.18. The van der Waals surface area contributed by atoms with Crippen LogP contribution in [0.15, 0.2) is 16.7 Å². The average molecular weight is 282 g/mol. The van der Waals surface area contributed by atoms with E-state index in [1.54, 1.807) is 19.4 Å². The number of hydrogen-bond donors (Lipinski definition) is 0. The topological polar surface area (TPSA) is 50.5 Å². The third kappa shape index (κ3) is 2.59. The first kappa shape index (κ1) is 11.7. The van der Waals surface area contributed by atoms with Crippen molar-refractivity contribution in [3.63, 3.8) is 0 Å². The smallest absolute Gasteiger partial charge is 0.224 e. The lowest BCUT2D eigenvalue weighted by Gasteiger charge is -2.14. The Kier molecular flexibility index (Phi) is 3.74. The maximum Gasteiger partial charge on any atom is 0.224 e. The highest BCUT2D eigenvalue weighted by Gasteiger charge is 2.17. The number of nitrogens with zero attached hydrogens (tertiary/aromatic N) is 1. The largest absolute Gasteiger partial charge is 0.469 e. The molecule has 0 saturated heterocycles. The fourth-order valence-electron chi connectivity index (χ4n) is 0.997. The molecule has 6 heteroatoms. The van der Waals surface area contributed by atoms with Gasteiger partial charge in [0.15, 0.2) is 0 Å². The lowest BCUT2D eigenvalue weighted by atomic mass is 10.3. The molecule has 0 aromatic carbocycles. The van der Waals surface area contributed by atoms with Gasteiger partial charge in [-0.2, -0.15) is 4.31 Å². The summed E-state index contributed by atoms with van der Waals surface area (Å²) in [5.74, 6) is 0.752. The molecule has 0 bridgehead atoms. The molecule has 0 unspecified atom stereocenters. The Balaban J connectivity index is 2.76. The minimum absolute atomic E-state index is 0.0621. The van der Waals surface area contributed by atoms with E-state index in [1.807, 2.05) is 6.92 Å². The fraction of sp³-hybridized carbons (Fsp3) is 0.500. The molecule has 0 spiro atoms. The van der Waals surface area contributed by atoms with Gasteiger partial charge in [-0.05, 0) is 13.0 Å².